The van der Waals surface area contributed by atoms with Crippen LogP contribution in [0.4, 0.5) is 0 Å². The topological polar surface area (TPSA) is 64.3 Å². The molecule has 4 nitrogen and oxygen atoms in total. The summed E-state index contributed by atoms with van der Waals surface area (Å²) < 4.78 is 5.09. The van der Waals surface area contributed by atoms with Gasteiger partial charge < -0.3 is 15.8 Å². The minimum Gasteiger partial charge on any atom is -0.497 e. The molecule has 98 valence electrons. The first-order valence-electron chi connectivity index (χ1n) is 6.35. The van der Waals surface area contributed by atoms with Crippen LogP contribution < -0.4 is 15.8 Å². The number of hydrogen-bond acceptors (Lipinski definition) is 3. The number of carbonyl (C=O) groups is 1. The maximum atomic E-state index is 11.9. The third kappa shape index (κ3) is 3.23. The van der Waals surface area contributed by atoms with Crippen molar-refractivity contribution in [2.45, 2.75) is 31.8 Å². The summed E-state index contributed by atoms with van der Waals surface area (Å²) in [7, 11) is 1.64. The second kappa shape index (κ2) is 5.87. The molecule has 0 spiro atoms. The molecular weight excluding hydrogens is 228 g/mol. The Morgan fingerprint density at radius 1 is 1.39 bits per heavy atom. The van der Waals surface area contributed by atoms with Crippen molar-refractivity contribution in [1.82, 2.24) is 5.32 Å². The first kappa shape index (κ1) is 12.9. The predicted octanol–water partition coefficient (Wildman–Crippen LogP) is 1.44. The number of nitrogens with one attached hydrogen (secondary N) is 1. The molecule has 1 fully saturated rings. The molecular formula is C14H20N2O2. The molecule has 0 unspecified atom stereocenters. The van der Waals surface area contributed by atoms with Gasteiger partial charge in [0.2, 0.25) is 5.91 Å². The van der Waals surface area contributed by atoms with Gasteiger partial charge in [0.1, 0.15) is 5.75 Å². The zero-order valence-corrected chi connectivity index (χ0v) is 10.7. The molecule has 3 N–H and O–H groups in total. The van der Waals surface area contributed by atoms with Gasteiger partial charge >= 0.3 is 0 Å². The molecule has 0 saturated heterocycles. The Bertz CT molecular complexity index is 403. The summed E-state index contributed by atoms with van der Waals surface area (Å²) in [6.07, 6.45) is 2.69. The van der Waals surface area contributed by atoms with E-state index in [1.165, 1.54) is 0 Å². The van der Waals surface area contributed by atoms with Crippen LogP contribution in [-0.2, 0) is 11.3 Å². The van der Waals surface area contributed by atoms with E-state index in [2.05, 4.69) is 5.32 Å². The fraction of sp³-hybridized carbons (Fsp3) is 0.500. The molecule has 1 aromatic carbocycles. The summed E-state index contributed by atoms with van der Waals surface area (Å²) in [5.41, 5.74) is 6.88. The minimum atomic E-state index is 0.0956. The summed E-state index contributed by atoms with van der Waals surface area (Å²) in [5, 5.41) is 2.96. The summed E-state index contributed by atoms with van der Waals surface area (Å²) in [6, 6.07) is 7.90. The van der Waals surface area contributed by atoms with Gasteiger partial charge in [-0.25, -0.2) is 0 Å². The van der Waals surface area contributed by atoms with Crippen LogP contribution >= 0.6 is 0 Å². The molecule has 18 heavy (non-hydrogen) atoms. The number of ether oxygens (including phenoxy) is 1. The SMILES string of the molecule is COc1ccc(CNC(=O)[C@@H]2CC[C@H](N)C2)cc1. The summed E-state index contributed by atoms with van der Waals surface area (Å²) in [4.78, 5) is 11.9. The van der Waals surface area contributed by atoms with Crippen LogP contribution in [0, 0.1) is 5.92 Å². The Hall–Kier alpha value is -1.55. The van der Waals surface area contributed by atoms with Gasteiger partial charge in [-0.05, 0) is 37.0 Å². The molecule has 1 aliphatic carbocycles. The molecule has 2 rings (SSSR count). The Morgan fingerprint density at radius 3 is 2.67 bits per heavy atom. The molecule has 4 heteroatoms. The third-order valence-corrected chi connectivity index (χ3v) is 3.47. The van der Waals surface area contributed by atoms with E-state index in [4.69, 9.17) is 10.5 Å². The highest BCUT2D eigenvalue weighted by Crippen LogP contribution is 2.24. The lowest BCUT2D eigenvalue weighted by Crippen LogP contribution is -2.29. The quantitative estimate of drug-likeness (QED) is 0.847. The van der Waals surface area contributed by atoms with Crippen molar-refractivity contribution in [3.63, 3.8) is 0 Å². The fourth-order valence-electron chi connectivity index (χ4n) is 2.33. The number of amides is 1. The Kier molecular flexibility index (Phi) is 4.20. The van der Waals surface area contributed by atoms with Gasteiger partial charge in [-0.3, -0.25) is 4.79 Å². The van der Waals surface area contributed by atoms with Crippen LogP contribution in [0.2, 0.25) is 0 Å². The van der Waals surface area contributed by atoms with Crippen LogP contribution in [0.15, 0.2) is 24.3 Å². The second-order valence-corrected chi connectivity index (χ2v) is 4.84. The van der Waals surface area contributed by atoms with Crippen molar-refractivity contribution in [2.75, 3.05) is 7.11 Å². The molecule has 1 saturated carbocycles. The van der Waals surface area contributed by atoms with E-state index >= 15 is 0 Å². The highest BCUT2D eigenvalue weighted by Gasteiger charge is 2.27. The van der Waals surface area contributed by atoms with E-state index < -0.39 is 0 Å². The molecule has 0 aromatic heterocycles. The second-order valence-electron chi connectivity index (χ2n) is 4.84. The van der Waals surface area contributed by atoms with Gasteiger partial charge in [0.05, 0.1) is 7.11 Å². The van der Waals surface area contributed by atoms with Crippen LogP contribution in [0.25, 0.3) is 0 Å². The zero-order valence-electron chi connectivity index (χ0n) is 10.7. The number of benzene rings is 1. The number of methoxy groups -OCH3 is 1. The third-order valence-electron chi connectivity index (χ3n) is 3.47. The van der Waals surface area contributed by atoms with Crippen molar-refractivity contribution < 1.29 is 9.53 Å². The highest BCUT2D eigenvalue weighted by molar-refractivity contribution is 5.79. The smallest absolute Gasteiger partial charge is 0.223 e. The maximum Gasteiger partial charge on any atom is 0.223 e. The van der Waals surface area contributed by atoms with Crippen molar-refractivity contribution in [3.05, 3.63) is 29.8 Å². The fourth-order valence-corrected chi connectivity index (χ4v) is 2.33. The lowest BCUT2D eigenvalue weighted by molar-refractivity contribution is -0.125. The van der Waals surface area contributed by atoms with Crippen LogP contribution in [0.5, 0.6) is 5.75 Å². The monoisotopic (exact) mass is 248 g/mol. The Balaban J connectivity index is 1.81. The predicted molar refractivity (Wildman–Crippen MR) is 70.2 cm³/mol. The number of hydrogen-bond donors (Lipinski definition) is 2. The van der Waals surface area contributed by atoms with E-state index in [-0.39, 0.29) is 17.9 Å². The molecule has 0 heterocycles. The van der Waals surface area contributed by atoms with E-state index in [0.29, 0.717) is 6.54 Å². The lowest BCUT2D eigenvalue weighted by Gasteiger charge is -2.11. The van der Waals surface area contributed by atoms with Crippen molar-refractivity contribution in [3.8, 4) is 5.75 Å². The number of rotatable bonds is 4. The molecule has 1 aliphatic rings. The van der Waals surface area contributed by atoms with E-state index in [0.717, 1.165) is 30.6 Å². The van der Waals surface area contributed by atoms with Gasteiger partial charge in [0, 0.05) is 18.5 Å². The van der Waals surface area contributed by atoms with E-state index in [1.54, 1.807) is 7.11 Å². The molecule has 1 amide bonds. The van der Waals surface area contributed by atoms with E-state index in [9.17, 15) is 4.79 Å². The number of carbonyl (C=O) groups excluding carboxylic acids is 1. The van der Waals surface area contributed by atoms with Gasteiger partial charge in [0.25, 0.3) is 0 Å². The van der Waals surface area contributed by atoms with E-state index in [1.807, 2.05) is 24.3 Å². The lowest BCUT2D eigenvalue weighted by atomic mass is 10.1. The Labute approximate surface area is 108 Å². The molecule has 2 atom stereocenters. The van der Waals surface area contributed by atoms with Crippen molar-refractivity contribution >= 4 is 5.91 Å². The number of nitrogens with two attached hydrogens (primary N) is 1. The summed E-state index contributed by atoms with van der Waals surface area (Å²) >= 11 is 0. The normalized spacial score (nSPS) is 22.8. The average molecular weight is 248 g/mol. The molecule has 1 aromatic rings. The molecule has 0 bridgehead atoms. The standard InChI is InChI=1S/C14H20N2O2/c1-18-13-6-2-10(3-7-13)9-16-14(17)11-4-5-12(15)8-11/h2-3,6-7,11-12H,4-5,8-9,15H2,1H3,(H,16,17)/t11-,12+/m1/s1. The zero-order chi connectivity index (χ0) is 13.0. The van der Waals surface area contributed by atoms with Gasteiger partial charge in [-0.15, -0.1) is 0 Å². The average Bonchev–Trinajstić information content (AvgIpc) is 2.83. The van der Waals surface area contributed by atoms with Gasteiger partial charge in [0.15, 0.2) is 0 Å². The first-order valence-corrected chi connectivity index (χ1v) is 6.35. The highest BCUT2D eigenvalue weighted by atomic mass is 16.5. The molecule has 0 radical (unpaired) electrons. The Morgan fingerprint density at radius 2 is 2.11 bits per heavy atom. The van der Waals surface area contributed by atoms with Crippen LogP contribution in [-0.4, -0.2) is 19.1 Å². The minimum absolute atomic E-state index is 0.0956. The summed E-state index contributed by atoms with van der Waals surface area (Å²) in [6.45, 7) is 0.564. The van der Waals surface area contributed by atoms with Crippen LogP contribution in [0.3, 0.4) is 0 Å². The molecule has 0 aliphatic heterocycles. The summed E-state index contributed by atoms with van der Waals surface area (Å²) in [5.74, 6) is 1.05. The van der Waals surface area contributed by atoms with Crippen molar-refractivity contribution in [1.29, 1.82) is 0 Å². The van der Waals surface area contributed by atoms with Crippen LogP contribution in [0.1, 0.15) is 24.8 Å². The van der Waals surface area contributed by atoms with Gasteiger partial charge in [-0.1, -0.05) is 12.1 Å². The first-order chi connectivity index (χ1) is 8.69. The largest absolute Gasteiger partial charge is 0.497 e. The van der Waals surface area contributed by atoms with Crippen molar-refractivity contribution in [2.24, 2.45) is 11.7 Å². The van der Waals surface area contributed by atoms with Gasteiger partial charge in [-0.2, -0.15) is 0 Å². The maximum absolute atomic E-state index is 11.9.